The molecule has 2 heterocycles. The lowest BCUT2D eigenvalue weighted by atomic mass is 10.2. The second-order valence-electron chi connectivity index (χ2n) is 2.45. The van der Waals surface area contributed by atoms with Crippen molar-refractivity contribution in [2.75, 3.05) is 0 Å². The molecular formula is C9H8N2O. The monoisotopic (exact) mass is 160 g/mol. The Morgan fingerprint density at radius 1 is 1.25 bits per heavy atom. The Labute approximate surface area is 69.7 Å². The molecule has 0 spiro atoms. The minimum atomic E-state index is 0.194. The number of hydrogen-bond donors (Lipinski definition) is 2. The average Bonchev–Trinajstić information content (AvgIpc) is 2.57. The van der Waals surface area contributed by atoms with Crippen molar-refractivity contribution in [3.8, 4) is 17.1 Å². The van der Waals surface area contributed by atoms with Crippen LogP contribution < -0.4 is 0 Å². The van der Waals surface area contributed by atoms with Crippen LogP contribution in [0.3, 0.4) is 0 Å². The van der Waals surface area contributed by atoms with E-state index in [0.717, 1.165) is 5.69 Å². The summed E-state index contributed by atoms with van der Waals surface area (Å²) >= 11 is 0. The number of nitrogens with zero attached hydrogens (tertiary/aromatic N) is 1. The van der Waals surface area contributed by atoms with Crippen molar-refractivity contribution >= 4 is 0 Å². The largest absolute Gasteiger partial charge is 0.506 e. The lowest BCUT2D eigenvalue weighted by Crippen LogP contribution is -1.82. The predicted molar refractivity (Wildman–Crippen MR) is 45.7 cm³/mol. The van der Waals surface area contributed by atoms with E-state index in [1.807, 2.05) is 12.1 Å². The number of H-pyrrole nitrogens is 1. The molecule has 12 heavy (non-hydrogen) atoms. The normalized spacial score (nSPS) is 10.0. The summed E-state index contributed by atoms with van der Waals surface area (Å²) in [5, 5.41) is 9.40. The van der Waals surface area contributed by atoms with Crippen LogP contribution in [0, 0.1) is 0 Å². The Morgan fingerprint density at radius 2 is 2.17 bits per heavy atom. The molecule has 0 saturated heterocycles. The molecule has 0 saturated carbocycles. The highest BCUT2D eigenvalue weighted by atomic mass is 16.3. The Bertz CT molecular complexity index is 368. The summed E-state index contributed by atoms with van der Waals surface area (Å²) in [4.78, 5) is 7.01. The van der Waals surface area contributed by atoms with Gasteiger partial charge in [0, 0.05) is 12.4 Å². The lowest BCUT2D eigenvalue weighted by molar-refractivity contribution is 0.475. The number of nitrogens with one attached hydrogen (secondary N) is 1. The van der Waals surface area contributed by atoms with Crippen LogP contribution in [0.4, 0.5) is 0 Å². The van der Waals surface area contributed by atoms with Crippen molar-refractivity contribution in [1.82, 2.24) is 9.97 Å². The van der Waals surface area contributed by atoms with Crippen LogP contribution in [0.2, 0.25) is 0 Å². The highest BCUT2D eigenvalue weighted by Crippen LogP contribution is 2.23. The van der Waals surface area contributed by atoms with Crippen LogP contribution in [-0.2, 0) is 0 Å². The molecule has 0 aromatic carbocycles. The fourth-order valence-corrected chi connectivity index (χ4v) is 1.08. The fraction of sp³-hybridized carbons (Fsp3) is 0. The minimum absolute atomic E-state index is 0.194. The third-order valence-electron chi connectivity index (χ3n) is 1.64. The summed E-state index contributed by atoms with van der Waals surface area (Å²) in [6.07, 6.45) is 3.44. The molecule has 2 aromatic heterocycles. The molecule has 2 rings (SSSR count). The van der Waals surface area contributed by atoms with Crippen LogP contribution in [0.25, 0.3) is 11.4 Å². The highest BCUT2D eigenvalue weighted by molar-refractivity contribution is 5.61. The fourth-order valence-electron chi connectivity index (χ4n) is 1.08. The summed E-state index contributed by atoms with van der Waals surface area (Å²) in [5.74, 6) is 0.194. The Hall–Kier alpha value is -1.77. The van der Waals surface area contributed by atoms with Crippen LogP contribution in [0.15, 0.2) is 36.7 Å². The molecule has 2 N–H and O–H groups in total. The van der Waals surface area contributed by atoms with Crippen molar-refractivity contribution in [2.24, 2.45) is 0 Å². The van der Waals surface area contributed by atoms with Gasteiger partial charge in [-0.15, -0.1) is 0 Å². The van der Waals surface area contributed by atoms with Crippen LogP contribution >= 0.6 is 0 Å². The molecule has 0 amide bonds. The predicted octanol–water partition coefficient (Wildman–Crippen LogP) is 1.78. The van der Waals surface area contributed by atoms with Gasteiger partial charge in [0.25, 0.3) is 0 Å². The summed E-state index contributed by atoms with van der Waals surface area (Å²) in [7, 11) is 0. The van der Waals surface area contributed by atoms with Crippen molar-refractivity contribution in [2.45, 2.75) is 0 Å². The Morgan fingerprint density at radius 3 is 2.83 bits per heavy atom. The summed E-state index contributed by atoms with van der Waals surface area (Å²) in [6.45, 7) is 0. The van der Waals surface area contributed by atoms with Gasteiger partial charge in [-0.3, -0.25) is 4.98 Å². The Kier molecular flexibility index (Phi) is 1.55. The molecule has 60 valence electrons. The van der Waals surface area contributed by atoms with E-state index >= 15 is 0 Å². The van der Waals surface area contributed by atoms with E-state index in [-0.39, 0.29) is 5.75 Å². The maximum Gasteiger partial charge on any atom is 0.143 e. The molecule has 0 aliphatic rings. The van der Waals surface area contributed by atoms with Crippen molar-refractivity contribution in [1.29, 1.82) is 0 Å². The van der Waals surface area contributed by atoms with Gasteiger partial charge in [-0.05, 0) is 24.3 Å². The third kappa shape index (κ3) is 1.05. The molecule has 0 fully saturated rings. The van der Waals surface area contributed by atoms with E-state index in [4.69, 9.17) is 0 Å². The molecule has 0 bridgehead atoms. The zero-order chi connectivity index (χ0) is 8.39. The third-order valence-corrected chi connectivity index (χ3v) is 1.64. The second kappa shape index (κ2) is 2.70. The van der Waals surface area contributed by atoms with Crippen molar-refractivity contribution < 1.29 is 5.11 Å². The number of pyridine rings is 1. The number of aromatic hydroxyl groups is 1. The first-order valence-corrected chi connectivity index (χ1v) is 3.65. The molecule has 0 aliphatic heterocycles. The molecule has 3 nitrogen and oxygen atoms in total. The topological polar surface area (TPSA) is 48.9 Å². The average molecular weight is 160 g/mol. The first kappa shape index (κ1) is 6.91. The van der Waals surface area contributed by atoms with E-state index in [1.165, 1.54) is 0 Å². The number of aromatic nitrogens is 2. The van der Waals surface area contributed by atoms with Crippen LogP contribution in [0.1, 0.15) is 0 Å². The molecule has 0 atom stereocenters. The summed E-state index contributed by atoms with van der Waals surface area (Å²) in [6, 6.07) is 7.04. The van der Waals surface area contributed by atoms with Gasteiger partial charge < -0.3 is 10.1 Å². The second-order valence-corrected chi connectivity index (χ2v) is 2.45. The van der Waals surface area contributed by atoms with E-state index in [9.17, 15) is 5.11 Å². The first-order chi connectivity index (χ1) is 5.88. The van der Waals surface area contributed by atoms with Crippen molar-refractivity contribution in [3.05, 3.63) is 36.7 Å². The van der Waals surface area contributed by atoms with E-state index in [0.29, 0.717) is 5.69 Å². The molecule has 0 radical (unpaired) electrons. The smallest absolute Gasteiger partial charge is 0.143 e. The zero-order valence-corrected chi connectivity index (χ0v) is 6.36. The summed E-state index contributed by atoms with van der Waals surface area (Å²) < 4.78 is 0. The first-order valence-electron chi connectivity index (χ1n) is 3.65. The van der Waals surface area contributed by atoms with Gasteiger partial charge in [-0.25, -0.2) is 0 Å². The van der Waals surface area contributed by atoms with E-state index in [1.54, 1.807) is 24.5 Å². The maximum atomic E-state index is 9.40. The Balaban J connectivity index is 2.55. The van der Waals surface area contributed by atoms with Gasteiger partial charge >= 0.3 is 0 Å². The molecular weight excluding hydrogens is 152 g/mol. The SMILES string of the molecule is Oc1cccnc1-c1ccc[nH]1. The van der Waals surface area contributed by atoms with Gasteiger partial charge in [-0.2, -0.15) is 0 Å². The van der Waals surface area contributed by atoms with Crippen LogP contribution in [0.5, 0.6) is 5.75 Å². The number of aromatic amines is 1. The van der Waals surface area contributed by atoms with Crippen LogP contribution in [-0.4, -0.2) is 15.1 Å². The van der Waals surface area contributed by atoms with E-state index < -0.39 is 0 Å². The number of rotatable bonds is 1. The van der Waals surface area contributed by atoms with Gasteiger partial charge in [0.15, 0.2) is 0 Å². The van der Waals surface area contributed by atoms with Gasteiger partial charge in [0.2, 0.25) is 0 Å². The molecule has 0 unspecified atom stereocenters. The molecule has 2 aromatic rings. The minimum Gasteiger partial charge on any atom is -0.506 e. The summed E-state index contributed by atoms with van der Waals surface area (Å²) in [5.41, 5.74) is 1.41. The molecule has 0 aliphatic carbocycles. The van der Waals surface area contributed by atoms with E-state index in [2.05, 4.69) is 9.97 Å². The maximum absolute atomic E-state index is 9.40. The quantitative estimate of drug-likeness (QED) is 0.668. The van der Waals surface area contributed by atoms with Gasteiger partial charge in [0.1, 0.15) is 11.4 Å². The van der Waals surface area contributed by atoms with Crippen molar-refractivity contribution in [3.63, 3.8) is 0 Å². The zero-order valence-electron chi connectivity index (χ0n) is 6.36. The highest BCUT2D eigenvalue weighted by Gasteiger charge is 2.03. The van der Waals surface area contributed by atoms with Gasteiger partial charge in [-0.1, -0.05) is 0 Å². The lowest BCUT2D eigenvalue weighted by Gasteiger charge is -1.98. The standard InChI is InChI=1S/C9H8N2O/c12-8-4-2-6-11-9(8)7-3-1-5-10-7/h1-6,10,12H. The molecule has 3 heteroatoms. The van der Waals surface area contributed by atoms with Gasteiger partial charge in [0.05, 0.1) is 5.69 Å². The number of hydrogen-bond acceptors (Lipinski definition) is 2.